The molecule has 0 spiro atoms. The molecule has 0 amide bonds. The van der Waals surface area contributed by atoms with Crippen molar-refractivity contribution in [1.82, 2.24) is 0 Å². The first kappa shape index (κ1) is 32.6. The number of hydrogen-bond acceptors (Lipinski definition) is 1. The molecule has 25 heavy (non-hydrogen) atoms. The van der Waals surface area contributed by atoms with Gasteiger partial charge < -0.3 is 5.11 Å². The molecule has 0 bridgehead atoms. The highest BCUT2D eigenvalue weighted by atomic mass is 16.3. The van der Waals surface area contributed by atoms with Crippen molar-refractivity contribution in [2.75, 3.05) is 6.61 Å². The minimum atomic E-state index is 0. The lowest BCUT2D eigenvalue weighted by molar-refractivity contribution is 0.150. The van der Waals surface area contributed by atoms with Crippen LogP contribution in [0.3, 0.4) is 0 Å². The van der Waals surface area contributed by atoms with E-state index in [1.807, 2.05) is 0 Å². The van der Waals surface area contributed by atoms with Gasteiger partial charge in [0.05, 0.1) is 0 Å². The van der Waals surface area contributed by atoms with Crippen molar-refractivity contribution < 1.29 is 5.11 Å². The fourth-order valence-corrected chi connectivity index (χ4v) is 2.90. The fraction of sp³-hybridized carbons (Fsp3) is 1.00. The van der Waals surface area contributed by atoms with Crippen LogP contribution < -0.4 is 0 Å². The van der Waals surface area contributed by atoms with Crippen LogP contribution in [0.1, 0.15) is 104 Å². The summed E-state index contributed by atoms with van der Waals surface area (Å²) >= 11 is 0. The average Bonchev–Trinajstić information content (AvgIpc) is 2.36. The van der Waals surface area contributed by atoms with E-state index in [0.717, 1.165) is 29.6 Å². The lowest BCUT2D eigenvalue weighted by Crippen LogP contribution is -2.19. The van der Waals surface area contributed by atoms with Gasteiger partial charge in [0.15, 0.2) is 0 Å². The summed E-state index contributed by atoms with van der Waals surface area (Å²) in [5, 5.41) is 8.87. The Labute approximate surface area is 163 Å². The van der Waals surface area contributed by atoms with E-state index < -0.39 is 0 Å². The second-order valence-corrected chi connectivity index (χ2v) is 9.71. The lowest BCUT2D eigenvalue weighted by atomic mass is 9.86. The largest absolute Gasteiger partial charge is 0.396 e. The zero-order valence-corrected chi connectivity index (χ0v) is 19.5. The summed E-state index contributed by atoms with van der Waals surface area (Å²) < 4.78 is 0. The Morgan fingerprint density at radius 2 is 0.800 bits per heavy atom. The molecule has 1 N–H and O–H groups in total. The minimum absolute atomic E-state index is 0. The van der Waals surface area contributed by atoms with Gasteiger partial charge in [0.25, 0.3) is 0 Å². The van der Waals surface area contributed by atoms with Crippen molar-refractivity contribution in [2.45, 2.75) is 104 Å². The summed E-state index contributed by atoms with van der Waals surface area (Å²) in [4.78, 5) is 0. The SMILES string of the molecule is C.CC(C)C(C)C(C)C.CC(C)C(CO)C(C)C.CC(C)CC(C)C. The normalized spacial score (nSPS) is 11.3. The third kappa shape index (κ3) is 24.0. The summed E-state index contributed by atoms with van der Waals surface area (Å²) in [6.07, 6.45) is 1.36. The molecular weight excluding hydrogens is 304 g/mol. The average molecular weight is 361 g/mol. The van der Waals surface area contributed by atoms with Gasteiger partial charge >= 0.3 is 0 Å². The summed E-state index contributed by atoms with van der Waals surface area (Å²) in [5.41, 5.74) is 0. The van der Waals surface area contributed by atoms with Gasteiger partial charge in [-0.3, -0.25) is 0 Å². The Kier molecular flexibility index (Phi) is 24.5. The van der Waals surface area contributed by atoms with E-state index in [0.29, 0.717) is 24.4 Å². The van der Waals surface area contributed by atoms with Gasteiger partial charge in [-0.25, -0.2) is 0 Å². The Morgan fingerprint density at radius 1 is 0.520 bits per heavy atom. The predicted octanol–water partition coefficient (Wildman–Crippen LogP) is 8.17. The number of aliphatic hydroxyl groups is 1. The predicted molar refractivity (Wildman–Crippen MR) is 120 cm³/mol. The number of aliphatic hydroxyl groups excluding tert-OH is 1. The van der Waals surface area contributed by atoms with Crippen LogP contribution in [-0.2, 0) is 0 Å². The highest BCUT2D eigenvalue weighted by molar-refractivity contribution is 4.64. The molecule has 0 unspecified atom stereocenters. The number of hydrogen-bond donors (Lipinski definition) is 1. The van der Waals surface area contributed by atoms with Gasteiger partial charge in [-0.05, 0) is 53.8 Å². The standard InChI is InChI=1S/C8H18O.C8H18.C7H16.CH4/c1-6(2)8(5-9)7(3)4;1-6(2)8(5)7(3)4;1-6(2)5-7(3)4;/h6-9H,5H2,1-4H3;6-8H,1-5H3;6-7H,5H2,1-4H3;1H4. The van der Waals surface area contributed by atoms with Crippen molar-refractivity contribution in [3.05, 3.63) is 0 Å². The molecule has 0 aromatic rings. The molecule has 0 radical (unpaired) electrons. The lowest BCUT2D eigenvalue weighted by Gasteiger charge is -2.21. The Bertz CT molecular complexity index is 216. The highest BCUT2D eigenvalue weighted by Crippen LogP contribution is 2.19. The maximum Gasteiger partial charge on any atom is 0.0464 e. The topological polar surface area (TPSA) is 20.2 Å². The second kappa shape index (κ2) is 18.7. The molecule has 1 heteroatoms. The molecule has 0 saturated heterocycles. The van der Waals surface area contributed by atoms with Crippen LogP contribution in [-0.4, -0.2) is 11.7 Å². The van der Waals surface area contributed by atoms with Gasteiger partial charge in [-0.15, -0.1) is 0 Å². The first-order chi connectivity index (χ1) is 10.8. The van der Waals surface area contributed by atoms with Crippen molar-refractivity contribution >= 4 is 0 Å². The van der Waals surface area contributed by atoms with Crippen LogP contribution >= 0.6 is 0 Å². The van der Waals surface area contributed by atoms with Gasteiger partial charge in [-0.2, -0.15) is 0 Å². The first-order valence-electron chi connectivity index (χ1n) is 10.4. The molecule has 0 fully saturated rings. The zero-order valence-electron chi connectivity index (χ0n) is 19.5. The van der Waals surface area contributed by atoms with Crippen LogP contribution in [0.4, 0.5) is 0 Å². The van der Waals surface area contributed by atoms with Crippen molar-refractivity contribution in [3.8, 4) is 0 Å². The van der Waals surface area contributed by atoms with Crippen LogP contribution in [0, 0.1) is 47.3 Å². The molecule has 0 aromatic carbocycles. The summed E-state index contributed by atoms with van der Waals surface area (Å²) in [5.74, 6) is 6.00. The van der Waals surface area contributed by atoms with E-state index in [1.165, 1.54) is 6.42 Å². The maximum atomic E-state index is 8.87. The smallest absolute Gasteiger partial charge is 0.0464 e. The number of rotatable bonds is 7. The van der Waals surface area contributed by atoms with Gasteiger partial charge in [0, 0.05) is 6.61 Å². The molecular formula is C24H56O. The van der Waals surface area contributed by atoms with Gasteiger partial charge in [0.2, 0.25) is 0 Å². The molecule has 0 rings (SSSR count). The molecule has 0 aliphatic heterocycles. The monoisotopic (exact) mass is 360 g/mol. The summed E-state index contributed by atoms with van der Waals surface area (Å²) in [6, 6.07) is 0. The Morgan fingerprint density at radius 3 is 0.800 bits per heavy atom. The second-order valence-electron chi connectivity index (χ2n) is 9.71. The van der Waals surface area contributed by atoms with E-state index in [2.05, 4.69) is 90.0 Å². The Hall–Kier alpha value is -0.0400. The van der Waals surface area contributed by atoms with E-state index in [9.17, 15) is 0 Å². The fourth-order valence-electron chi connectivity index (χ4n) is 2.90. The third-order valence-electron chi connectivity index (χ3n) is 4.97. The molecule has 0 atom stereocenters. The van der Waals surface area contributed by atoms with Crippen molar-refractivity contribution in [2.24, 2.45) is 47.3 Å². The quantitative estimate of drug-likeness (QED) is 0.485. The summed E-state index contributed by atoms with van der Waals surface area (Å²) in [7, 11) is 0. The molecule has 0 saturated carbocycles. The summed E-state index contributed by atoms with van der Waals surface area (Å²) in [6.45, 7) is 29.4. The van der Waals surface area contributed by atoms with Crippen LogP contribution in [0.25, 0.3) is 0 Å². The maximum absolute atomic E-state index is 8.87. The van der Waals surface area contributed by atoms with Crippen molar-refractivity contribution in [1.29, 1.82) is 0 Å². The molecule has 0 aliphatic rings. The van der Waals surface area contributed by atoms with Gasteiger partial charge in [-0.1, -0.05) is 97.4 Å². The first-order valence-corrected chi connectivity index (χ1v) is 10.4. The van der Waals surface area contributed by atoms with E-state index in [-0.39, 0.29) is 7.43 Å². The molecule has 0 heterocycles. The minimum Gasteiger partial charge on any atom is -0.396 e. The molecule has 0 aliphatic carbocycles. The molecule has 1 nitrogen and oxygen atoms in total. The van der Waals surface area contributed by atoms with Crippen LogP contribution in [0.2, 0.25) is 0 Å². The third-order valence-corrected chi connectivity index (χ3v) is 4.97. The van der Waals surface area contributed by atoms with Crippen molar-refractivity contribution in [3.63, 3.8) is 0 Å². The van der Waals surface area contributed by atoms with E-state index in [4.69, 9.17) is 5.11 Å². The van der Waals surface area contributed by atoms with Gasteiger partial charge in [0.1, 0.15) is 0 Å². The van der Waals surface area contributed by atoms with Crippen LogP contribution in [0.5, 0.6) is 0 Å². The molecule has 158 valence electrons. The van der Waals surface area contributed by atoms with Crippen LogP contribution in [0.15, 0.2) is 0 Å². The molecule has 0 aromatic heterocycles. The zero-order chi connectivity index (χ0) is 20.0. The van der Waals surface area contributed by atoms with E-state index >= 15 is 0 Å². The van der Waals surface area contributed by atoms with E-state index in [1.54, 1.807) is 0 Å². The Balaban J connectivity index is -0.000000131. The highest BCUT2D eigenvalue weighted by Gasteiger charge is 2.15.